The molecule has 1 aliphatic rings. The van der Waals surface area contributed by atoms with Crippen molar-refractivity contribution < 1.29 is 0 Å². The van der Waals surface area contributed by atoms with Gasteiger partial charge in [-0.25, -0.2) is 19.9 Å². The van der Waals surface area contributed by atoms with Gasteiger partial charge in [-0.1, -0.05) is 6.92 Å². The zero-order valence-corrected chi connectivity index (χ0v) is 18.2. The Morgan fingerprint density at radius 3 is 2.97 bits per heavy atom. The van der Waals surface area contributed by atoms with Crippen molar-refractivity contribution in [3.05, 3.63) is 48.6 Å². The zero-order chi connectivity index (χ0) is 22.8. The number of nitriles is 2. The molecule has 0 radical (unpaired) electrons. The van der Waals surface area contributed by atoms with E-state index in [0.29, 0.717) is 24.5 Å². The molecule has 2 unspecified atom stereocenters. The quantitative estimate of drug-likeness (QED) is 0.485. The summed E-state index contributed by atoms with van der Waals surface area (Å²) in [4.78, 5) is 22.8. The van der Waals surface area contributed by atoms with Crippen molar-refractivity contribution in [3.8, 4) is 23.4 Å². The molecule has 2 atom stereocenters. The second-order valence-electron chi connectivity index (χ2n) is 8.09. The van der Waals surface area contributed by atoms with Gasteiger partial charge < -0.3 is 9.88 Å². The van der Waals surface area contributed by atoms with E-state index in [9.17, 15) is 10.5 Å². The molecule has 0 spiro atoms. The van der Waals surface area contributed by atoms with Gasteiger partial charge in [0.25, 0.3) is 0 Å². The van der Waals surface area contributed by atoms with Crippen molar-refractivity contribution in [1.29, 1.82) is 10.5 Å². The van der Waals surface area contributed by atoms with Crippen LogP contribution in [0.1, 0.15) is 37.2 Å². The average Bonchev–Trinajstić information content (AvgIpc) is 3.62. The standard InChI is InChI=1S/C23H22N10/c1-2-17-11-27-23(19(9-25)31-17)32-8-5-15(12-32)20(3-6-24)33-13-16(10-30-33)21-18-4-7-26-22(18)29-14-28-21/h4,7,10-11,13-15,20H,2-3,5,8,12H2,1H3,(H,26,28,29). The van der Waals surface area contributed by atoms with Crippen LogP contribution in [-0.2, 0) is 6.42 Å². The molecule has 0 amide bonds. The van der Waals surface area contributed by atoms with Crippen LogP contribution in [-0.4, -0.2) is 47.8 Å². The Morgan fingerprint density at radius 2 is 2.15 bits per heavy atom. The van der Waals surface area contributed by atoms with Crippen molar-refractivity contribution in [2.75, 3.05) is 18.0 Å². The Bertz CT molecular complexity index is 1370. The summed E-state index contributed by atoms with van der Waals surface area (Å²) in [6.07, 6.45) is 10.8. The van der Waals surface area contributed by atoms with Crippen LogP contribution in [0.15, 0.2) is 37.2 Å². The van der Waals surface area contributed by atoms with Crippen LogP contribution in [0.4, 0.5) is 5.82 Å². The Labute approximate surface area is 190 Å². The molecule has 4 aromatic rings. The zero-order valence-electron chi connectivity index (χ0n) is 18.2. The first-order valence-electron chi connectivity index (χ1n) is 10.9. The maximum atomic E-state index is 9.56. The van der Waals surface area contributed by atoms with Crippen LogP contribution in [0.2, 0.25) is 0 Å². The van der Waals surface area contributed by atoms with Gasteiger partial charge in [0.1, 0.15) is 18.0 Å². The van der Waals surface area contributed by atoms with Crippen LogP contribution in [0.3, 0.4) is 0 Å². The summed E-state index contributed by atoms with van der Waals surface area (Å²) in [7, 11) is 0. The Balaban J connectivity index is 1.40. The molecule has 1 fully saturated rings. The molecule has 1 saturated heterocycles. The summed E-state index contributed by atoms with van der Waals surface area (Å²) in [5.41, 5.74) is 3.62. The summed E-state index contributed by atoms with van der Waals surface area (Å²) >= 11 is 0. The van der Waals surface area contributed by atoms with Crippen LogP contribution in [0, 0.1) is 28.6 Å². The van der Waals surface area contributed by atoms with Crippen LogP contribution in [0.5, 0.6) is 0 Å². The minimum atomic E-state index is -0.0919. The number of anilines is 1. The number of fused-ring (bicyclic) bond motifs is 1. The minimum absolute atomic E-state index is 0.0919. The molecule has 164 valence electrons. The van der Waals surface area contributed by atoms with Crippen molar-refractivity contribution in [1.82, 2.24) is 34.7 Å². The van der Waals surface area contributed by atoms with Crippen molar-refractivity contribution in [3.63, 3.8) is 0 Å². The molecule has 5 heterocycles. The Kier molecular flexibility index (Phi) is 5.41. The lowest BCUT2D eigenvalue weighted by atomic mass is 9.96. The summed E-state index contributed by atoms with van der Waals surface area (Å²) in [6, 6.07) is 6.36. The van der Waals surface area contributed by atoms with E-state index in [0.717, 1.165) is 47.4 Å². The molecule has 1 N–H and O–H groups in total. The summed E-state index contributed by atoms with van der Waals surface area (Å²) < 4.78 is 1.88. The highest BCUT2D eigenvalue weighted by atomic mass is 15.3. The smallest absolute Gasteiger partial charge is 0.183 e. The summed E-state index contributed by atoms with van der Waals surface area (Å²) in [5.74, 6) is 0.805. The second kappa shape index (κ2) is 8.67. The molecule has 1 aliphatic heterocycles. The van der Waals surface area contributed by atoms with Crippen LogP contribution < -0.4 is 4.90 Å². The molecular weight excluding hydrogens is 416 g/mol. The van der Waals surface area contributed by atoms with E-state index in [1.165, 1.54) is 6.33 Å². The highest BCUT2D eigenvalue weighted by molar-refractivity contribution is 5.89. The first-order chi connectivity index (χ1) is 16.2. The molecule has 10 heteroatoms. The number of H-pyrrole nitrogens is 1. The van der Waals surface area contributed by atoms with E-state index < -0.39 is 0 Å². The number of rotatable bonds is 6. The van der Waals surface area contributed by atoms with E-state index in [1.54, 1.807) is 12.4 Å². The predicted octanol–water partition coefficient (Wildman–Crippen LogP) is 3.03. The predicted molar refractivity (Wildman–Crippen MR) is 121 cm³/mol. The average molecular weight is 438 g/mol. The van der Waals surface area contributed by atoms with Gasteiger partial charge in [-0.3, -0.25) is 4.68 Å². The number of aromatic amines is 1. The van der Waals surface area contributed by atoms with Crippen molar-refractivity contribution >= 4 is 16.9 Å². The largest absolute Gasteiger partial charge is 0.354 e. The Hall–Kier alpha value is -4.31. The molecule has 0 aliphatic carbocycles. The van der Waals surface area contributed by atoms with Gasteiger partial charge in [0.05, 0.1) is 42.3 Å². The van der Waals surface area contributed by atoms with Crippen LogP contribution in [0.25, 0.3) is 22.3 Å². The fraction of sp³-hybridized carbons (Fsp3) is 0.348. The maximum Gasteiger partial charge on any atom is 0.183 e. The van der Waals surface area contributed by atoms with Gasteiger partial charge in [-0.15, -0.1) is 0 Å². The first-order valence-corrected chi connectivity index (χ1v) is 10.9. The van der Waals surface area contributed by atoms with E-state index >= 15 is 0 Å². The second-order valence-corrected chi connectivity index (χ2v) is 8.09. The molecule has 0 bridgehead atoms. The topological polar surface area (TPSA) is 136 Å². The fourth-order valence-corrected chi connectivity index (χ4v) is 4.50. The lowest BCUT2D eigenvalue weighted by molar-refractivity contribution is 0.332. The number of hydrogen-bond donors (Lipinski definition) is 1. The molecule has 5 rings (SSSR count). The molecule has 33 heavy (non-hydrogen) atoms. The highest BCUT2D eigenvalue weighted by Crippen LogP contribution is 2.34. The third kappa shape index (κ3) is 3.76. The van der Waals surface area contributed by atoms with E-state index in [2.05, 4.69) is 47.1 Å². The van der Waals surface area contributed by atoms with E-state index in [-0.39, 0.29) is 12.0 Å². The van der Waals surface area contributed by atoms with Gasteiger partial charge in [-0.2, -0.15) is 15.6 Å². The first kappa shape index (κ1) is 20.6. The van der Waals surface area contributed by atoms with Gasteiger partial charge in [0.2, 0.25) is 0 Å². The van der Waals surface area contributed by atoms with E-state index in [1.807, 2.05) is 30.1 Å². The normalized spacial score (nSPS) is 16.6. The lowest BCUT2D eigenvalue weighted by Crippen LogP contribution is -2.26. The number of nitrogens with zero attached hydrogens (tertiary/aromatic N) is 9. The van der Waals surface area contributed by atoms with E-state index in [4.69, 9.17) is 0 Å². The van der Waals surface area contributed by atoms with Gasteiger partial charge >= 0.3 is 0 Å². The molecule has 4 aromatic heterocycles. The third-order valence-corrected chi connectivity index (χ3v) is 6.21. The molecule has 10 nitrogen and oxygen atoms in total. The number of nitrogens with one attached hydrogen (secondary N) is 1. The minimum Gasteiger partial charge on any atom is -0.354 e. The van der Waals surface area contributed by atoms with Gasteiger partial charge in [0.15, 0.2) is 11.5 Å². The fourth-order valence-electron chi connectivity index (χ4n) is 4.50. The van der Waals surface area contributed by atoms with Crippen molar-refractivity contribution in [2.45, 2.75) is 32.2 Å². The number of aromatic nitrogens is 7. The molecule has 0 aromatic carbocycles. The number of aryl methyl sites for hydroxylation is 1. The Morgan fingerprint density at radius 1 is 1.24 bits per heavy atom. The molecule has 0 saturated carbocycles. The highest BCUT2D eigenvalue weighted by Gasteiger charge is 2.33. The van der Waals surface area contributed by atoms with Crippen LogP contribution >= 0.6 is 0 Å². The lowest BCUT2D eigenvalue weighted by Gasteiger charge is -2.23. The third-order valence-electron chi connectivity index (χ3n) is 6.21. The van der Waals surface area contributed by atoms with Gasteiger partial charge in [0, 0.05) is 42.4 Å². The SMILES string of the molecule is CCc1cnc(N2CCC(C(CC#N)n3cc(-c4ncnc5[nH]ccc45)cn3)C2)c(C#N)n1. The monoisotopic (exact) mass is 438 g/mol. The number of hydrogen-bond acceptors (Lipinski definition) is 8. The van der Waals surface area contributed by atoms with Crippen molar-refractivity contribution in [2.24, 2.45) is 5.92 Å². The summed E-state index contributed by atoms with van der Waals surface area (Å²) in [6.45, 7) is 3.43. The maximum absolute atomic E-state index is 9.56. The summed E-state index contributed by atoms with van der Waals surface area (Å²) in [5, 5.41) is 24.6. The van der Waals surface area contributed by atoms with Gasteiger partial charge in [-0.05, 0) is 18.9 Å². The molecular formula is C23H22N10.